The number of fused-ring (bicyclic) bond motifs is 2. The molecule has 3 aromatic heterocycles. The van der Waals surface area contributed by atoms with Gasteiger partial charge in [-0.15, -0.1) is 0 Å². The van der Waals surface area contributed by atoms with E-state index in [2.05, 4.69) is 30.3 Å². The number of hydrogen-bond acceptors (Lipinski definition) is 9. The zero-order chi connectivity index (χ0) is 29.4. The zero-order valence-corrected chi connectivity index (χ0v) is 23.4. The van der Waals surface area contributed by atoms with E-state index in [9.17, 15) is 18.8 Å². The lowest BCUT2D eigenvalue weighted by Crippen LogP contribution is -2.44. The Morgan fingerprint density at radius 1 is 1.10 bits per heavy atom. The molecule has 214 valence electrons. The second kappa shape index (κ2) is 11.1. The van der Waals surface area contributed by atoms with Gasteiger partial charge in [-0.05, 0) is 53.5 Å². The van der Waals surface area contributed by atoms with Gasteiger partial charge in [0.1, 0.15) is 24.5 Å². The summed E-state index contributed by atoms with van der Waals surface area (Å²) in [5.41, 5.74) is 2.25. The molecule has 2 atom stereocenters. The number of rotatable bonds is 7. The van der Waals surface area contributed by atoms with E-state index in [1.807, 2.05) is 12.1 Å². The van der Waals surface area contributed by atoms with E-state index in [-0.39, 0.29) is 25.2 Å². The van der Waals surface area contributed by atoms with Gasteiger partial charge in [-0.1, -0.05) is 6.07 Å². The minimum Gasteiger partial charge on any atom is -0.497 e. The second-order valence-corrected chi connectivity index (χ2v) is 10.5. The van der Waals surface area contributed by atoms with Gasteiger partial charge in [-0.2, -0.15) is 19.7 Å². The molecule has 0 bridgehead atoms. The summed E-state index contributed by atoms with van der Waals surface area (Å²) in [5, 5.41) is 18.7. The summed E-state index contributed by atoms with van der Waals surface area (Å²) in [5.74, 6) is -0.541. The van der Waals surface area contributed by atoms with E-state index in [0.717, 1.165) is 15.8 Å². The van der Waals surface area contributed by atoms with Crippen LogP contribution in [0.3, 0.4) is 0 Å². The highest BCUT2D eigenvalue weighted by atomic mass is 32.1. The molecule has 2 aromatic carbocycles. The molecule has 1 fully saturated rings. The van der Waals surface area contributed by atoms with E-state index in [4.69, 9.17) is 4.74 Å². The standard InChI is InChI=1S/C28H25FN8O4S/c1-30-28(40)25-19-9-15(16-7-8-31-32-12-16)3-5-21(19)37(34-25)14-24(38)36-13-17(29)10-22(36)27(39)33-26-20-11-18(41-2)4-6-23(20)42-35-26/h3-9,11-12,17,22H,10,13-14H2,1-2H3,(H,30,40)(H,33,35,39). The van der Waals surface area contributed by atoms with Gasteiger partial charge in [-0.3, -0.25) is 19.1 Å². The minimum atomic E-state index is -1.37. The van der Waals surface area contributed by atoms with Crippen molar-refractivity contribution in [1.29, 1.82) is 0 Å². The molecular weight excluding hydrogens is 563 g/mol. The lowest BCUT2D eigenvalue weighted by atomic mass is 10.0. The highest BCUT2D eigenvalue weighted by molar-refractivity contribution is 7.13. The maximum atomic E-state index is 14.6. The molecule has 2 unspecified atom stereocenters. The predicted molar refractivity (Wildman–Crippen MR) is 154 cm³/mol. The molecule has 5 aromatic rings. The van der Waals surface area contributed by atoms with Gasteiger partial charge in [0.25, 0.3) is 5.91 Å². The summed E-state index contributed by atoms with van der Waals surface area (Å²) < 4.78 is 26.5. The molecule has 1 saturated heterocycles. The number of amides is 3. The maximum absolute atomic E-state index is 14.6. The van der Waals surface area contributed by atoms with E-state index in [1.54, 1.807) is 49.8 Å². The van der Waals surface area contributed by atoms with Crippen molar-refractivity contribution in [2.75, 3.05) is 26.0 Å². The Bertz CT molecular complexity index is 1830. The number of carbonyl (C=O) groups is 3. The largest absolute Gasteiger partial charge is 0.497 e. The number of nitrogens with zero attached hydrogens (tertiary/aromatic N) is 6. The van der Waals surface area contributed by atoms with Crippen molar-refractivity contribution < 1.29 is 23.5 Å². The first-order valence-corrected chi connectivity index (χ1v) is 13.8. The van der Waals surface area contributed by atoms with Crippen molar-refractivity contribution in [2.24, 2.45) is 0 Å². The first kappa shape index (κ1) is 27.2. The third-order valence-corrected chi connectivity index (χ3v) is 8.01. The summed E-state index contributed by atoms with van der Waals surface area (Å²) in [7, 11) is 3.03. The van der Waals surface area contributed by atoms with Gasteiger partial charge >= 0.3 is 0 Å². The van der Waals surface area contributed by atoms with Crippen LogP contribution in [0.1, 0.15) is 16.9 Å². The van der Waals surface area contributed by atoms with Crippen molar-refractivity contribution in [2.45, 2.75) is 25.2 Å². The molecule has 1 aliphatic rings. The van der Waals surface area contributed by atoms with Crippen LogP contribution in [0.4, 0.5) is 10.2 Å². The number of alkyl halides is 1. The number of anilines is 1. The summed E-state index contributed by atoms with van der Waals surface area (Å²) in [6.45, 7) is -0.528. The van der Waals surface area contributed by atoms with Crippen LogP contribution in [0.5, 0.6) is 5.75 Å². The first-order valence-electron chi connectivity index (χ1n) is 13.0. The number of ether oxygens (including phenoxy) is 1. The number of halogens is 1. The molecule has 4 heterocycles. The normalized spacial score (nSPS) is 16.6. The molecule has 0 aliphatic carbocycles. The average Bonchev–Trinajstić information content (AvgIpc) is 3.71. The molecule has 0 saturated carbocycles. The second-order valence-electron chi connectivity index (χ2n) is 9.73. The molecule has 12 nitrogen and oxygen atoms in total. The molecule has 0 spiro atoms. The maximum Gasteiger partial charge on any atom is 0.272 e. The molecular formula is C28H25FN8O4S. The number of aromatic nitrogens is 5. The Hall–Kier alpha value is -4.98. The quantitative estimate of drug-likeness (QED) is 0.295. The highest BCUT2D eigenvalue weighted by Crippen LogP contribution is 2.32. The topological polar surface area (TPSA) is 144 Å². The Morgan fingerprint density at radius 2 is 1.95 bits per heavy atom. The lowest BCUT2D eigenvalue weighted by Gasteiger charge is -2.23. The fraction of sp³-hybridized carbons (Fsp3) is 0.250. The van der Waals surface area contributed by atoms with E-state index < -0.39 is 29.9 Å². The van der Waals surface area contributed by atoms with E-state index in [1.165, 1.54) is 28.2 Å². The van der Waals surface area contributed by atoms with Crippen LogP contribution < -0.4 is 15.4 Å². The molecule has 2 N–H and O–H groups in total. The van der Waals surface area contributed by atoms with E-state index >= 15 is 0 Å². The molecule has 14 heteroatoms. The SMILES string of the molecule is CNC(=O)c1nn(CC(=O)N2CC(F)CC2C(=O)Nc2nsc3ccc(OC)cc23)c2ccc(-c3ccnnc3)cc12. The van der Waals surface area contributed by atoms with Crippen LogP contribution >= 0.6 is 11.5 Å². The number of carbonyl (C=O) groups excluding carboxylic acids is 3. The smallest absolute Gasteiger partial charge is 0.272 e. The minimum absolute atomic E-state index is 0.133. The third-order valence-electron chi connectivity index (χ3n) is 7.19. The highest BCUT2D eigenvalue weighted by Gasteiger charge is 2.40. The van der Waals surface area contributed by atoms with Crippen LogP contribution in [0.25, 0.3) is 32.1 Å². The van der Waals surface area contributed by atoms with Crippen molar-refractivity contribution >= 4 is 56.1 Å². The Kier molecular flexibility index (Phi) is 7.20. The molecule has 3 amide bonds. The Balaban J connectivity index is 1.26. The molecule has 1 aliphatic heterocycles. The number of likely N-dealkylation sites (tertiary alicyclic amines) is 1. The van der Waals surface area contributed by atoms with Crippen LogP contribution in [0.2, 0.25) is 0 Å². The number of methoxy groups -OCH3 is 1. The summed E-state index contributed by atoms with van der Waals surface area (Å²) >= 11 is 1.21. The first-order chi connectivity index (χ1) is 20.4. The van der Waals surface area contributed by atoms with Crippen LogP contribution in [-0.4, -0.2) is 79.9 Å². The lowest BCUT2D eigenvalue weighted by molar-refractivity contribution is -0.137. The number of hydrogen-bond donors (Lipinski definition) is 2. The number of benzene rings is 2. The average molecular weight is 589 g/mol. The summed E-state index contributed by atoms with van der Waals surface area (Å²) in [6.07, 6.45) is 1.65. The van der Waals surface area contributed by atoms with E-state index in [0.29, 0.717) is 27.9 Å². The molecule has 0 radical (unpaired) electrons. The monoisotopic (exact) mass is 588 g/mol. The van der Waals surface area contributed by atoms with Crippen LogP contribution in [-0.2, 0) is 16.1 Å². The van der Waals surface area contributed by atoms with Gasteiger partial charge in [0.2, 0.25) is 11.8 Å². The predicted octanol–water partition coefficient (Wildman–Crippen LogP) is 3.05. The van der Waals surface area contributed by atoms with Crippen molar-refractivity contribution in [1.82, 2.24) is 34.6 Å². The van der Waals surface area contributed by atoms with Gasteiger partial charge in [0.05, 0.1) is 36.3 Å². The van der Waals surface area contributed by atoms with Crippen molar-refractivity contribution in [3.63, 3.8) is 0 Å². The summed E-state index contributed by atoms with van der Waals surface area (Å²) in [6, 6.07) is 11.5. The van der Waals surface area contributed by atoms with Crippen molar-refractivity contribution in [3.05, 3.63) is 60.6 Å². The zero-order valence-electron chi connectivity index (χ0n) is 22.6. The molecule has 6 rings (SSSR count). The van der Waals surface area contributed by atoms with Gasteiger partial charge in [0.15, 0.2) is 11.5 Å². The van der Waals surface area contributed by atoms with Gasteiger partial charge in [0, 0.05) is 29.8 Å². The summed E-state index contributed by atoms with van der Waals surface area (Å²) in [4.78, 5) is 40.7. The fourth-order valence-corrected chi connectivity index (χ4v) is 5.81. The Labute approximate surface area is 242 Å². The van der Waals surface area contributed by atoms with Gasteiger partial charge in [-0.25, -0.2) is 4.39 Å². The van der Waals surface area contributed by atoms with Crippen LogP contribution in [0.15, 0.2) is 54.9 Å². The van der Waals surface area contributed by atoms with Crippen LogP contribution in [0, 0.1) is 0 Å². The fourth-order valence-electron chi connectivity index (χ4n) is 5.09. The third kappa shape index (κ3) is 5.00. The molecule has 42 heavy (non-hydrogen) atoms. The Morgan fingerprint density at radius 3 is 2.71 bits per heavy atom. The van der Waals surface area contributed by atoms with Crippen molar-refractivity contribution in [3.8, 4) is 16.9 Å². The van der Waals surface area contributed by atoms with Gasteiger partial charge < -0.3 is 20.3 Å². The number of nitrogens with one attached hydrogen (secondary N) is 2.